The summed E-state index contributed by atoms with van der Waals surface area (Å²) in [4.78, 5) is 0. The Bertz CT molecular complexity index is 558. The predicted octanol–water partition coefficient (Wildman–Crippen LogP) is 3.81. The molecule has 5 heteroatoms. The van der Waals surface area contributed by atoms with E-state index in [-0.39, 0.29) is 17.6 Å². The second-order valence-corrected chi connectivity index (χ2v) is 10.3. The van der Waals surface area contributed by atoms with Crippen LogP contribution in [0.3, 0.4) is 0 Å². The first-order valence-corrected chi connectivity index (χ1v) is 11.1. The molecule has 4 aliphatic carbocycles. The van der Waals surface area contributed by atoms with Crippen molar-refractivity contribution in [2.75, 3.05) is 6.61 Å². The summed E-state index contributed by atoms with van der Waals surface area (Å²) in [5, 5.41) is 9.78. The molecular formula is C21H35BO4. The summed E-state index contributed by atoms with van der Waals surface area (Å²) in [5.41, 5.74) is 0.686. The van der Waals surface area contributed by atoms with E-state index in [9.17, 15) is 5.02 Å². The first kappa shape index (κ1) is 18.0. The van der Waals surface area contributed by atoms with Crippen LogP contribution in [0.2, 0.25) is 0 Å². The van der Waals surface area contributed by atoms with Gasteiger partial charge in [-0.15, -0.1) is 0 Å². The standard InChI is InChI=1S/C21H35BO4/c1-4-24-14-7-9-20(2)13(11-14)5-6-15-16(20)8-10-21(3)17(15)12-18-19(21)26-22(23)25-18/h13-19,23H,4-12H2,1-3H3/t13-,14-,15+,16-,17-,18-,19-,20-,21-/m0/s1. The second kappa shape index (κ2) is 6.20. The lowest BCUT2D eigenvalue weighted by Crippen LogP contribution is -2.54. The van der Waals surface area contributed by atoms with E-state index < -0.39 is 7.32 Å². The zero-order valence-corrected chi connectivity index (χ0v) is 16.7. The monoisotopic (exact) mass is 362 g/mol. The van der Waals surface area contributed by atoms with E-state index >= 15 is 0 Å². The van der Waals surface area contributed by atoms with Gasteiger partial charge in [0, 0.05) is 6.61 Å². The summed E-state index contributed by atoms with van der Waals surface area (Å²) in [5.74, 6) is 3.21. The SMILES string of the molecule is CCO[C@H]1CC[C@@]2(C)[C@@H](CC[C@@H]3[C@@H]2CC[C@@]2(C)[C@H]3C[C@@H]3OB(O)O[C@@H]32)C1. The summed E-state index contributed by atoms with van der Waals surface area (Å²) < 4.78 is 17.5. The van der Waals surface area contributed by atoms with E-state index in [0.717, 1.165) is 30.8 Å². The molecule has 5 fully saturated rings. The zero-order valence-electron chi connectivity index (χ0n) is 16.7. The lowest BCUT2D eigenvalue weighted by atomic mass is 9.45. The van der Waals surface area contributed by atoms with Gasteiger partial charge in [0.05, 0.1) is 18.3 Å². The van der Waals surface area contributed by atoms with Gasteiger partial charge < -0.3 is 19.1 Å². The molecule has 4 saturated carbocycles. The summed E-state index contributed by atoms with van der Waals surface area (Å²) in [7, 11) is -0.998. The van der Waals surface area contributed by atoms with Gasteiger partial charge >= 0.3 is 7.32 Å². The van der Waals surface area contributed by atoms with E-state index in [1.54, 1.807) is 0 Å². The Kier molecular flexibility index (Phi) is 4.29. The normalized spacial score (nSPS) is 55.8. The van der Waals surface area contributed by atoms with Crippen LogP contribution in [0.4, 0.5) is 0 Å². The van der Waals surface area contributed by atoms with Gasteiger partial charge in [-0.3, -0.25) is 0 Å². The Hall–Kier alpha value is -0.0951. The Labute approximate surface area is 158 Å². The van der Waals surface area contributed by atoms with Crippen molar-refractivity contribution in [2.24, 2.45) is 34.5 Å². The quantitative estimate of drug-likeness (QED) is 0.759. The van der Waals surface area contributed by atoms with Crippen LogP contribution in [-0.4, -0.2) is 37.3 Å². The molecule has 5 aliphatic rings. The third-order valence-corrected chi connectivity index (χ3v) is 9.49. The summed E-state index contributed by atoms with van der Waals surface area (Å²) in [6, 6.07) is 0. The maximum Gasteiger partial charge on any atom is 0.637 e. The Morgan fingerprint density at radius 1 is 1.00 bits per heavy atom. The van der Waals surface area contributed by atoms with Gasteiger partial charge in [0.2, 0.25) is 0 Å². The van der Waals surface area contributed by atoms with Crippen LogP contribution in [0.25, 0.3) is 0 Å². The molecule has 1 aliphatic heterocycles. The number of rotatable bonds is 2. The van der Waals surface area contributed by atoms with E-state index in [0.29, 0.717) is 17.4 Å². The molecule has 0 radical (unpaired) electrons. The topological polar surface area (TPSA) is 47.9 Å². The first-order chi connectivity index (χ1) is 12.5. The average molecular weight is 362 g/mol. The van der Waals surface area contributed by atoms with Gasteiger partial charge in [0.1, 0.15) is 0 Å². The van der Waals surface area contributed by atoms with Gasteiger partial charge in [-0.1, -0.05) is 13.8 Å². The molecule has 9 atom stereocenters. The molecule has 0 bridgehead atoms. The molecule has 1 saturated heterocycles. The molecule has 0 aromatic rings. The molecule has 26 heavy (non-hydrogen) atoms. The van der Waals surface area contributed by atoms with Gasteiger partial charge in [-0.05, 0) is 92.8 Å². The van der Waals surface area contributed by atoms with E-state index in [1.807, 2.05) is 0 Å². The van der Waals surface area contributed by atoms with Crippen molar-refractivity contribution in [3.8, 4) is 0 Å². The third-order valence-electron chi connectivity index (χ3n) is 9.49. The predicted molar refractivity (Wildman–Crippen MR) is 100 cm³/mol. The molecule has 1 N–H and O–H groups in total. The first-order valence-electron chi connectivity index (χ1n) is 11.1. The van der Waals surface area contributed by atoms with Crippen LogP contribution in [0.1, 0.15) is 72.1 Å². The molecular weight excluding hydrogens is 327 g/mol. The Morgan fingerprint density at radius 3 is 2.62 bits per heavy atom. The lowest BCUT2D eigenvalue weighted by molar-refractivity contribution is -0.138. The van der Waals surface area contributed by atoms with Crippen molar-refractivity contribution in [3.63, 3.8) is 0 Å². The van der Waals surface area contributed by atoms with Crippen molar-refractivity contribution in [1.29, 1.82) is 0 Å². The van der Waals surface area contributed by atoms with Gasteiger partial charge in [0.25, 0.3) is 0 Å². The minimum Gasteiger partial charge on any atom is -0.402 e. The molecule has 5 rings (SSSR count). The molecule has 0 amide bonds. The molecule has 0 aromatic heterocycles. The highest BCUT2D eigenvalue weighted by Crippen LogP contribution is 2.67. The maximum atomic E-state index is 9.78. The van der Waals surface area contributed by atoms with E-state index in [4.69, 9.17) is 14.0 Å². The number of ether oxygens (including phenoxy) is 1. The third kappa shape index (κ3) is 2.43. The van der Waals surface area contributed by atoms with Crippen LogP contribution < -0.4 is 0 Å². The fraction of sp³-hybridized carbons (Fsp3) is 1.00. The average Bonchev–Trinajstić information content (AvgIpc) is 3.10. The van der Waals surface area contributed by atoms with Crippen LogP contribution >= 0.6 is 0 Å². The van der Waals surface area contributed by atoms with Crippen LogP contribution in [0.5, 0.6) is 0 Å². The lowest BCUT2D eigenvalue weighted by Gasteiger charge is -2.61. The largest absolute Gasteiger partial charge is 0.637 e. The van der Waals surface area contributed by atoms with Crippen LogP contribution in [-0.2, 0) is 14.0 Å². The van der Waals surface area contributed by atoms with Crippen LogP contribution in [0.15, 0.2) is 0 Å². The molecule has 1 heterocycles. The van der Waals surface area contributed by atoms with Crippen molar-refractivity contribution in [2.45, 2.75) is 90.4 Å². The molecule has 0 aromatic carbocycles. The van der Waals surface area contributed by atoms with Gasteiger partial charge in [0.15, 0.2) is 0 Å². The Morgan fingerprint density at radius 2 is 1.81 bits per heavy atom. The highest BCUT2D eigenvalue weighted by Gasteiger charge is 2.65. The molecule has 0 unspecified atom stereocenters. The van der Waals surface area contributed by atoms with Gasteiger partial charge in [-0.25, -0.2) is 0 Å². The zero-order chi connectivity index (χ0) is 18.1. The fourth-order valence-corrected chi connectivity index (χ4v) is 8.23. The number of hydrogen-bond donors (Lipinski definition) is 1. The highest BCUT2D eigenvalue weighted by atomic mass is 16.7. The van der Waals surface area contributed by atoms with Crippen LogP contribution in [0, 0.1) is 34.5 Å². The van der Waals surface area contributed by atoms with Crippen molar-refractivity contribution in [3.05, 3.63) is 0 Å². The number of hydrogen-bond acceptors (Lipinski definition) is 4. The Balaban J connectivity index is 1.37. The second-order valence-electron chi connectivity index (χ2n) is 10.3. The van der Waals surface area contributed by atoms with E-state index in [1.165, 1.54) is 44.9 Å². The van der Waals surface area contributed by atoms with Crippen molar-refractivity contribution >= 4 is 7.32 Å². The number of fused-ring (bicyclic) bond motifs is 7. The summed E-state index contributed by atoms with van der Waals surface area (Å²) in [6.45, 7) is 8.01. The summed E-state index contributed by atoms with van der Waals surface area (Å²) in [6.07, 6.45) is 10.9. The minimum atomic E-state index is -0.998. The molecule has 4 nitrogen and oxygen atoms in total. The summed E-state index contributed by atoms with van der Waals surface area (Å²) >= 11 is 0. The van der Waals surface area contributed by atoms with Crippen molar-refractivity contribution in [1.82, 2.24) is 0 Å². The minimum absolute atomic E-state index is 0.0997. The highest BCUT2D eigenvalue weighted by molar-refractivity contribution is 6.35. The molecule has 146 valence electrons. The van der Waals surface area contributed by atoms with Gasteiger partial charge in [-0.2, -0.15) is 0 Å². The maximum absolute atomic E-state index is 9.78. The fourth-order valence-electron chi connectivity index (χ4n) is 8.23. The van der Waals surface area contributed by atoms with E-state index in [2.05, 4.69) is 20.8 Å². The van der Waals surface area contributed by atoms with Crippen molar-refractivity contribution < 1.29 is 19.1 Å². The smallest absolute Gasteiger partial charge is 0.402 e. The molecule has 0 spiro atoms.